The molecule has 0 saturated carbocycles. The fraction of sp³-hybridized carbons (Fsp3) is 0.438. The molecule has 2 unspecified atom stereocenters. The molecule has 122 valence electrons. The molecule has 2 atom stereocenters. The average molecular weight is 316 g/mol. The standard InChI is InChI=1S/C16H20N4O3/c1-10-5-11(6-15(21)18-10)16(22)19-12-3-4-23-14(7-12)13-8-17-9-20(13)2/h5-6,8-9,12,14H,3-4,7H2,1-2H3,(H,18,21)(H,19,22). The highest BCUT2D eigenvalue weighted by molar-refractivity contribution is 5.94. The summed E-state index contributed by atoms with van der Waals surface area (Å²) in [6.45, 7) is 2.33. The number of nitrogens with one attached hydrogen (secondary N) is 2. The molecule has 1 saturated heterocycles. The summed E-state index contributed by atoms with van der Waals surface area (Å²) in [5.41, 5.74) is 1.78. The Labute approximate surface area is 133 Å². The van der Waals surface area contributed by atoms with Gasteiger partial charge in [0.15, 0.2) is 0 Å². The quantitative estimate of drug-likeness (QED) is 0.886. The maximum atomic E-state index is 12.4. The number of aryl methyl sites for hydroxylation is 2. The van der Waals surface area contributed by atoms with Gasteiger partial charge in [0.05, 0.1) is 18.2 Å². The molecule has 0 spiro atoms. The molecule has 2 aromatic heterocycles. The lowest BCUT2D eigenvalue weighted by molar-refractivity contribution is -0.00302. The molecule has 2 aromatic rings. The summed E-state index contributed by atoms with van der Waals surface area (Å²) in [4.78, 5) is 30.6. The number of amides is 1. The van der Waals surface area contributed by atoms with Crippen molar-refractivity contribution < 1.29 is 9.53 Å². The van der Waals surface area contributed by atoms with E-state index in [0.29, 0.717) is 24.3 Å². The van der Waals surface area contributed by atoms with Crippen molar-refractivity contribution in [2.45, 2.75) is 31.9 Å². The van der Waals surface area contributed by atoms with E-state index in [-0.39, 0.29) is 23.6 Å². The topological polar surface area (TPSA) is 89.0 Å². The van der Waals surface area contributed by atoms with Gasteiger partial charge in [-0.25, -0.2) is 4.98 Å². The van der Waals surface area contributed by atoms with Crippen molar-refractivity contribution in [1.29, 1.82) is 0 Å². The fourth-order valence-electron chi connectivity index (χ4n) is 2.89. The molecule has 1 aliphatic rings. The minimum absolute atomic E-state index is 0.00995. The van der Waals surface area contributed by atoms with Crippen LogP contribution in [0.5, 0.6) is 0 Å². The minimum atomic E-state index is -0.269. The fourth-order valence-corrected chi connectivity index (χ4v) is 2.89. The number of pyridine rings is 1. The Morgan fingerprint density at radius 2 is 2.30 bits per heavy atom. The number of nitrogens with zero attached hydrogens (tertiary/aromatic N) is 2. The summed E-state index contributed by atoms with van der Waals surface area (Å²) in [5.74, 6) is -0.227. The zero-order chi connectivity index (χ0) is 16.4. The van der Waals surface area contributed by atoms with E-state index in [1.165, 1.54) is 6.07 Å². The molecule has 7 heteroatoms. The minimum Gasteiger partial charge on any atom is -0.372 e. The van der Waals surface area contributed by atoms with Crippen LogP contribution in [0.15, 0.2) is 29.5 Å². The van der Waals surface area contributed by atoms with E-state index in [1.807, 2.05) is 11.6 Å². The Morgan fingerprint density at radius 3 is 3.00 bits per heavy atom. The number of H-pyrrole nitrogens is 1. The van der Waals surface area contributed by atoms with Gasteiger partial charge in [-0.05, 0) is 25.8 Å². The van der Waals surface area contributed by atoms with E-state index in [4.69, 9.17) is 4.74 Å². The van der Waals surface area contributed by atoms with Gasteiger partial charge in [-0.3, -0.25) is 9.59 Å². The second-order valence-corrected chi connectivity index (χ2v) is 5.90. The zero-order valence-electron chi connectivity index (χ0n) is 13.2. The molecule has 0 radical (unpaired) electrons. The Hall–Kier alpha value is -2.41. The summed E-state index contributed by atoms with van der Waals surface area (Å²) in [6.07, 6.45) is 4.88. The normalized spacial score (nSPS) is 21.1. The molecule has 1 aliphatic heterocycles. The van der Waals surface area contributed by atoms with Gasteiger partial charge < -0.3 is 19.6 Å². The predicted octanol–water partition coefficient (Wildman–Crippen LogP) is 1.07. The number of rotatable bonds is 3. The van der Waals surface area contributed by atoms with Crippen molar-refractivity contribution >= 4 is 5.91 Å². The van der Waals surface area contributed by atoms with Gasteiger partial charge in [0, 0.05) is 37.0 Å². The number of carbonyl (C=O) groups is 1. The third-order valence-corrected chi connectivity index (χ3v) is 4.04. The Balaban J connectivity index is 1.69. The number of hydrogen-bond donors (Lipinski definition) is 2. The first-order valence-electron chi connectivity index (χ1n) is 7.62. The number of ether oxygens (including phenoxy) is 1. The second-order valence-electron chi connectivity index (χ2n) is 5.90. The first-order chi connectivity index (χ1) is 11.0. The van der Waals surface area contributed by atoms with Gasteiger partial charge in [-0.15, -0.1) is 0 Å². The molecule has 3 heterocycles. The van der Waals surface area contributed by atoms with Crippen molar-refractivity contribution in [3.63, 3.8) is 0 Å². The Bertz CT molecular complexity index is 765. The third-order valence-electron chi connectivity index (χ3n) is 4.04. The number of aromatic amines is 1. The van der Waals surface area contributed by atoms with E-state index in [2.05, 4.69) is 15.3 Å². The molecular weight excluding hydrogens is 296 g/mol. The highest BCUT2D eigenvalue weighted by Gasteiger charge is 2.27. The predicted molar refractivity (Wildman–Crippen MR) is 84.2 cm³/mol. The summed E-state index contributed by atoms with van der Waals surface area (Å²) in [7, 11) is 1.92. The lowest BCUT2D eigenvalue weighted by Gasteiger charge is -2.30. The summed E-state index contributed by atoms with van der Waals surface area (Å²) < 4.78 is 7.72. The van der Waals surface area contributed by atoms with Crippen molar-refractivity contribution in [2.75, 3.05) is 6.61 Å². The Morgan fingerprint density at radius 1 is 1.48 bits per heavy atom. The smallest absolute Gasteiger partial charge is 0.251 e. The number of hydrogen-bond acceptors (Lipinski definition) is 4. The van der Waals surface area contributed by atoms with E-state index in [0.717, 1.165) is 12.1 Å². The highest BCUT2D eigenvalue weighted by atomic mass is 16.5. The van der Waals surface area contributed by atoms with E-state index < -0.39 is 0 Å². The molecule has 3 rings (SSSR count). The van der Waals surface area contributed by atoms with E-state index in [9.17, 15) is 9.59 Å². The van der Waals surface area contributed by atoms with Crippen LogP contribution in [0.1, 0.15) is 40.7 Å². The molecule has 23 heavy (non-hydrogen) atoms. The zero-order valence-corrected chi connectivity index (χ0v) is 13.2. The molecule has 0 aliphatic carbocycles. The lowest BCUT2D eigenvalue weighted by atomic mass is 10.0. The molecule has 7 nitrogen and oxygen atoms in total. The highest BCUT2D eigenvalue weighted by Crippen LogP contribution is 2.27. The molecule has 0 bridgehead atoms. The van der Waals surface area contributed by atoms with Crippen LogP contribution in [0.3, 0.4) is 0 Å². The number of carbonyl (C=O) groups excluding carboxylic acids is 1. The maximum absolute atomic E-state index is 12.4. The summed E-state index contributed by atoms with van der Waals surface area (Å²) in [5, 5.41) is 3.00. The number of imidazole rings is 1. The van der Waals surface area contributed by atoms with Crippen molar-refractivity contribution in [1.82, 2.24) is 19.9 Å². The van der Waals surface area contributed by atoms with Gasteiger partial charge >= 0.3 is 0 Å². The van der Waals surface area contributed by atoms with Gasteiger partial charge in [0.1, 0.15) is 6.10 Å². The third kappa shape index (κ3) is 3.50. The van der Waals surface area contributed by atoms with Crippen molar-refractivity contribution in [3.05, 3.63) is 52.0 Å². The summed E-state index contributed by atoms with van der Waals surface area (Å²) >= 11 is 0. The van der Waals surface area contributed by atoms with Gasteiger partial charge in [0.25, 0.3) is 5.91 Å². The van der Waals surface area contributed by atoms with Crippen LogP contribution in [0.4, 0.5) is 0 Å². The van der Waals surface area contributed by atoms with Crippen LogP contribution in [-0.2, 0) is 11.8 Å². The average Bonchev–Trinajstić information content (AvgIpc) is 2.92. The SMILES string of the molecule is Cc1cc(C(=O)NC2CCOC(c3cncn3C)C2)cc(=O)[nH]1. The van der Waals surface area contributed by atoms with Crippen LogP contribution in [0.2, 0.25) is 0 Å². The van der Waals surface area contributed by atoms with Gasteiger partial charge in [-0.1, -0.05) is 0 Å². The van der Waals surface area contributed by atoms with E-state index in [1.54, 1.807) is 25.5 Å². The molecule has 1 fully saturated rings. The molecule has 0 aromatic carbocycles. The van der Waals surface area contributed by atoms with Crippen molar-refractivity contribution in [3.8, 4) is 0 Å². The van der Waals surface area contributed by atoms with Gasteiger partial charge in [-0.2, -0.15) is 0 Å². The number of aromatic nitrogens is 3. The van der Waals surface area contributed by atoms with Crippen LogP contribution in [-0.4, -0.2) is 33.1 Å². The van der Waals surface area contributed by atoms with Crippen molar-refractivity contribution in [2.24, 2.45) is 7.05 Å². The van der Waals surface area contributed by atoms with Crippen LogP contribution < -0.4 is 10.9 Å². The second kappa shape index (κ2) is 6.37. The first kappa shape index (κ1) is 15.5. The van der Waals surface area contributed by atoms with Crippen LogP contribution in [0, 0.1) is 6.92 Å². The monoisotopic (exact) mass is 316 g/mol. The van der Waals surface area contributed by atoms with Gasteiger partial charge in [0.2, 0.25) is 5.56 Å². The molecule has 1 amide bonds. The maximum Gasteiger partial charge on any atom is 0.251 e. The largest absolute Gasteiger partial charge is 0.372 e. The van der Waals surface area contributed by atoms with Crippen LogP contribution >= 0.6 is 0 Å². The lowest BCUT2D eigenvalue weighted by Crippen LogP contribution is -2.40. The molecule has 2 N–H and O–H groups in total. The molecular formula is C16H20N4O3. The first-order valence-corrected chi connectivity index (χ1v) is 7.62. The Kier molecular flexibility index (Phi) is 4.29. The summed E-state index contributed by atoms with van der Waals surface area (Å²) in [6, 6.07) is 3.00. The van der Waals surface area contributed by atoms with E-state index >= 15 is 0 Å². The van der Waals surface area contributed by atoms with Crippen LogP contribution in [0.25, 0.3) is 0 Å².